The smallest absolute Gasteiger partial charge is 0.306 e. The van der Waals surface area contributed by atoms with Gasteiger partial charge in [0.15, 0.2) is 6.61 Å². The maximum atomic E-state index is 12.0. The van der Waals surface area contributed by atoms with Crippen LogP contribution < -0.4 is 10.2 Å². The maximum absolute atomic E-state index is 12.0. The van der Waals surface area contributed by atoms with Crippen molar-refractivity contribution < 1.29 is 14.3 Å². The number of carbonyl (C=O) groups is 2. The van der Waals surface area contributed by atoms with Gasteiger partial charge in [-0.05, 0) is 65.9 Å². The molecule has 1 aromatic carbocycles. The van der Waals surface area contributed by atoms with Crippen molar-refractivity contribution in [2.45, 2.75) is 38.5 Å². The fourth-order valence-electron chi connectivity index (χ4n) is 3.18. The zero-order valence-electron chi connectivity index (χ0n) is 15.5. The van der Waals surface area contributed by atoms with Crippen molar-refractivity contribution in [2.24, 2.45) is 0 Å². The fourth-order valence-corrected chi connectivity index (χ4v) is 3.88. The van der Waals surface area contributed by atoms with Crippen molar-refractivity contribution in [3.63, 3.8) is 0 Å². The van der Waals surface area contributed by atoms with Gasteiger partial charge in [-0.25, -0.2) is 0 Å². The second-order valence-corrected chi connectivity index (χ2v) is 7.57. The normalized spacial score (nSPS) is 14.4. The van der Waals surface area contributed by atoms with E-state index in [1.807, 2.05) is 41.1 Å². The predicted molar refractivity (Wildman–Crippen MR) is 109 cm³/mol. The molecule has 2 aromatic rings. The van der Waals surface area contributed by atoms with Gasteiger partial charge in [0, 0.05) is 30.9 Å². The number of hydrogen-bond acceptors (Lipinski definition) is 5. The third-order valence-electron chi connectivity index (χ3n) is 4.68. The van der Waals surface area contributed by atoms with Crippen LogP contribution in [0.2, 0.25) is 0 Å². The number of aryl methyl sites for hydroxylation is 1. The second-order valence-electron chi connectivity index (χ2n) is 6.79. The molecule has 1 aromatic heterocycles. The molecular formula is C21H26N2O3S. The van der Waals surface area contributed by atoms with E-state index in [9.17, 15) is 9.59 Å². The van der Waals surface area contributed by atoms with Crippen LogP contribution in [0.1, 0.15) is 37.7 Å². The van der Waals surface area contributed by atoms with Crippen molar-refractivity contribution in [3.05, 3.63) is 46.7 Å². The first kappa shape index (κ1) is 19.4. The predicted octanol–water partition coefficient (Wildman–Crippen LogP) is 4.24. The lowest BCUT2D eigenvalue weighted by atomic mass is 10.2. The van der Waals surface area contributed by atoms with Gasteiger partial charge in [-0.1, -0.05) is 12.8 Å². The Morgan fingerprint density at radius 3 is 2.44 bits per heavy atom. The van der Waals surface area contributed by atoms with E-state index in [4.69, 9.17) is 4.74 Å². The quantitative estimate of drug-likeness (QED) is 0.723. The summed E-state index contributed by atoms with van der Waals surface area (Å²) in [5, 5.41) is 6.76. The lowest BCUT2D eigenvalue weighted by molar-refractivity contribution is -0.147. The van der Waals surface area contributed by atoms with E-state index < -0.39 is 0 Å². The molecule has 1 saturated heterocycles. The van der Waals surface area contributed by atoms with Crippen molar-refractivity contribution in [2.75, 3.05) is 29.9 Å². The summed E-state index contributed by atoms with van der Waals surface area (Å²) in [6, 6.07) is 9.86. The molecule has 144 valence electrons. The Hall–Kier alpha value is -2.34. The number of anilines is 2. The molecule has 0 radical (unpaired) electrons. The number of hydrogen-bond donors (Lipinski definition) is 1. The molecule has 0 unspecified atom stereocenters. The summed E-state index contributed by atoms with van der Waals surface area (Å²) in [5.74, 6) is -0.672. The minimum Gasteiger partial charge on any atom is -0.456 e. The van der Waals surface area contributed by atoms with Gasteiger partial charge in [0.25, 0.3) is 5.91 Å². The first-order valence-electron chi connectivity index (χ1n) is 9.52. The summed E-state index contributed by atoms with van der Waals surface area (Å²) in [5.41, 5.74) is 3.02. The number of amides is 1. The molecule has 1 N–H and O–H groups in total. The molecule has 0 bridgehead atoms. The molecule has 3 rings (SSSR count). The Bertz CT molecular complexity index is 720. The van der Waals surface area contributed by atoms with E-state index in [2.05, 4.69) is 10.2 Å². The number of carbonyl (C=O) groups excluding carboxylic acids is 2. The van der Waals surface area contributed by atoms with Gasteiger partial charge in [0.05, 0.1) is 0 Å². The van der Waals surface area contributed by atoms with Crippen LogP contribution in [0.3, 0.4) is 0 Å². The van der Waals surface area contributed by atoms with E-state index in [1.165, 1.54) is 31.4 Å². The van der Waals surface area contributed by atoms with E-state index in [0.717, 1.165) is 18.7 Å². The average Bonchev–Trinajstić information content (AvgIpc) is 3.06. The molecule has 1 fully saturated rings. The first-order valence-corrected chi connectivity index (χ1v) is 10.5. The first-order chi connectivity index (χ1) is 13.2. The van der Waals surface area contributed by atoms with E-state index in [0.29, 0.717) is 12.1 Å². The van der Waals surface area contributed by atoms with Gasteiger partial charge < -0.3 is 15.0 Å². The molecule has 2 heterocycles. The molecule has 0 spiro atoms. The number of esters is 1. The van der Waals surface area contributed by atoms with Crippen LogP contribution in [0.5, 0.6) is 0 Å². The molecule has 0 saturated carbocycles. The van der Waals surface area contributed by atoms with Crippen LogP contribution in [0, 0.1) is 0 Å². The van der Waals surface area contributed by atoms with Crippen molar-refractivity contribution in [1.29, 1.82) is 0 Å². The Morgan fingerprint density at radius 1 is 1.04 bits per heavy atom. The standard InChI is InChI=1S/C21H26N2O3S/c24-20(15-26-21(25)10-5-17-11-14-27-16-17)22-18-6-8-19(9-7-18)23-12-3-1-2-4-13-23/h6-9,11,14,16H,1-5,10,12-13,15H2,(H,22,24). The molecule has 5 nitrogen and oxygen atoms in total. The van der Waals surface area contributed by atoms with Gasteiger partial charge in [-0.3, -0.25) is 9.59 Å². The minimum absolute atomic E-state index is 0.254. The van der Waals surface area contributed by atoms with Gasteiger partial charge in [0.2, 0.25) is 0 Å². The van der Waals surface area contributed by atoms with Crippen LogP contribution in [-0.2, 0) is 20.7 Å². The largest absolute Gasteiger partial charge is 0.456 e. The van der Waals surface area contributed by atoms with Gasteiger partial charge in [0.1, 0.15) is 0 Å². The van der Waals surface area contributed by atoms with Crippen LogP contribution in [0.4, 0.5) is 11.4 Å². The number of nitrogens with one attached hydrogen (secondary N) is 1. The summed E-state index contributed by atoms with van der Waals surface area (Å²) >= 11 is 1.60. The van der Waals surface area contributed by atoms with Crippen LogP contribution in [0.25, 0.3) is 0 Å². The molecule has 27 heavy (non-hydrogen) atoms. The van der Waals surface area contributed by atoms with Crippen molar-refractivity contribution in [3.8, 4) is 0 Å². The van der Waals surface area contributed by atoms with Gasteiger partial charge in [-0.15, -0.1) is 0 Å². The lowest BCUT2D eigenvalue weighted by Crippen LogP contribution is -2.24. The fraction of sp³-hybridized carbons (Fsp3) is 0.429. The number of benzene rings is 1. The minimum atomic E-state index is -0.354. The molecular weight excluding hydrogens is 360 g/mol. The summed E-state index contributed by atoms with van der Waals surface area (Å²) in [6.07, 6.45) is 6.00. The summed E-state index contributed by atoms with van der Waals surface area (Å²) in [7, 11) is 0. The Balaban J connectivity index is 1.40. The van der Waals surface area contributed by atoms with E-state index in [-0.39, 0.29) is 24.9 Å². The summed E-state index contributed by atoms with van der Waals surface area (Å²) in [4.78, 5) is 26.1. The molecule has 0 aliphatic carbocycles. The highest BCUT2D eigenvalue weighted by molar-refractivity contribution is 7.07. The third kappa shape index (κ3) is 6.40. The molecule has 0 atom stereocenters. The number of thiophene rings is 1. The number of rotatable bonds is 7. The molecule has 1 aliphatic rings. The lowest BCUT2D eigenvalue weighted by Gasteiger charge is -2.22. The van der Waals surface area contributed by atoms with Crippen molar-refractivity contribution in [1.82, 2.24) is 0 Å². The topological polar surface area (TPSA) is 58.6 Å². The van der Waals surface area contributed by atoms with Crippen molar-refractivity contribution >= 4 is 34.6 Å². The summed E-state index contributed by atoms with van der Waals surface area (Å²) < 4.78 is 5.05. The summed E-state index contributed by atoms with van der Waals surface area (Å²) in [6.45, 7) is 1.93. The van der Waals surface area contributed by atoms with E-state index in [1.54, 1.807) is 11.3 Å². The van der Waals surface area contributed by atoms with Gasteiger partial charge >= 0.3 is 5.97 Å². The monoisotopic (exact) mass is 386 g/mol. The highest BCUT2D eigenvalue weighted by Crippen LogP contribution is 2.21. The Kier molecular flexibility index (Phi) is 7.27. The number of ether oxygens (including phenoxy) is 1. The SMILES string of the molecule is O=C(COC(=O)CCc1ccsc1)Nc1ccc(N2CCCCCC2)cc1. The van der Waals surface area contributed by atoms with Crippen LogP contribution in [-0.4, -0.2) is 31.6 Å². The molecule has 6 heteroatoms. The second kappa shape index (κ2) is 10.1. The average molecular weight is 387 g/mol. The Labute approximate surface area is 164 Å². The van der Waals surface area contributed by atoms with E-state index >= 15 is 0 Å². The van der Waals surface area contributed by atoms with Crippen LogP contribution >= 0.6 is 11.3 Å². The highest BCUT2D eigenvalue weighted by Gasteiger charge is 2.11. The molecule has 1 aliphatic heterocycles. The maximum Gasteiger partial charge on any atom is 0.306 e. The zero-order chi connectivity index (χ0) is 18.9. The highest BCUT2D eigenvalue weighted by atomic mass is 32.1. The zero-order valence-corrected chi connectivity index (χ0v) is 16.3. The molecule has 1 amide bonds. The van der Waals surface area contributed by atoms with Gasteiger partial charge in [-0.2, -0.15) is 11.3 Å². The third-order valence-corrected chi connectivity index (χ3v) is 5.42. The Morgan fingerprint density at radius 2 is 1.78 bits per heavy atom. The number of nitrogens with zero attached hydrogens (tertiary/aromatic N) is 1. The van der Waals surface area contributed by atoms with Crippen LogP contribution in [0.15, 0.2) is 41.1 Å².